The summed E-state index contributed by atoms with van der Waals surface area (Å²) in [4.78, 5) is 0. The first-order chi connectivity index (χ1) is 8.15. The number of rotatable bonds is 0. The Kier molecular flexibility index (Phi) is 2.11. The van der Waals surface area contributed by atoms with E-state index in [1.54, 1.807) is 0 Å². The van der Waals surface area contributed by atoms with E-state index in [0.29, 0.717) is 35.0 Å². The van der Waals surface area contributed by atoms with Gasteiger partial charge in [0, 0.05) is 5.03 Å². The minimum absolute atomic E-state index is 0.0477. The molecule has 3 fully saturated rings. The molecule has 2 heteroatoms. The zero-order valence-corrected chi connectivity index (χ0v) is 11.2. The van der Waals surface area contributed by atoms with Crippen molar-refractivity contribution < 1.29 is 5.11 Å². The summed E-state index contributed by atoms with van der Waals surface area (Å²) < 4.78 is 0. The molecule has 0 radical (unpaired) electrons. The lowest BCUT2D eigenvalue weighted by Gasteiger charge is -2.57. The maximum Gasteiger partial charge on any atom is 0.0605 e. The first-order valence-electron chi connectivity index (χ1n) is 7.20. The van der Waals surface area contributed by atoms with Crippen LogP contribution < -0.4 is 0 Å². The normalized spacial score (nSPS) is 54.4. The fourth-order valence-corrected chi connectivity index (χ4v) is 5.84. The van der Waals surface area contributed by atoms with Gasteiger partial charge >= 0.3 is 0 Å². The average Bonchev–Trinajstić information content (AvgIpc) is 3.07. The van der Waals surface area contributed by atoms with Gasteiger partial charge in [0.2, 0.25) is 0 Å². The second-order valence-corrected chi connectivity index (χ2v) is 7.31. The summed E-state index contributed by atoms with van der Waals surface area (Å²) in [5.41, 5.74) is 0.548. The van der Waals surface area contributed by atoms with Gasteiger partial charge in [-0.05, 0) is 60.7 Å². The van der Waals surface area contributed by atoms with Gasteiger partial charge in [0.25, 0.3) is 0 Å². The third-order valence-electron chi connectivity index (χ3n) is 6.34. The standard InChI is InChI=1S/C15H21ClO/c1-8-12(16)7-11-9-3-2-4-10(14(9)17)13(8)15(11)5-6-15/h7-11,13-14,17H,2-6H2,1H3/t8-,9+,10-,11+,13-,14-/m1/s1. The van der Waals surface area contributed by atoms with E-state index in [0.717, 1.165) is 5.03 Å². The highest BCUT2D eigenvalue weighted by Crippen LogP contribution is 2.72. The summed E-state index contributed by atoms with van der Waals surface area (Å²) in [6.07, 6.45) is 8.80. The van der Waals surface area contributed by atoms with Crippen molar-refractivity contribution in [1.29, 1.82) is 0 Å². The van der Waals surface area contributed by atoms with E-state index in [1.165, 1.54) is 32.1 Å². The highest BCUT2D eigenvalue weighted by atomic mass is 35.5. The van der Waals surface area contributed by atoms with E-state index < -0.39 is 0 Å². The SMILES string of the molecule is C[C@@H]1C(Cl)=C[C@H]2[C@@H]3CCC[C@@H]([C@@H]3O)[C@@H]1C21CC1. The van der Waals surface area contributed by atoms with Gasteiger partial charge in [-0.2, -0.15) is 0 Å². The Morgan fingerprint density at radius 2 is 2.00 bits per heavy atom. The molecule has 0 aromatic rings. The van der Waals surface area contributed by atoms with E-state index in [-0.39, 0.29) is 6.10 Å². The number of hydrogen-bond acceptors (Lipinski definition) is 1. The summed E-state index contributed by atoms with van der Waals surface area (Å²) in [5, 5.41) is 11.7. The third kappa shape index (κ3) is 1.20. The van der Waals surface area contributed by atoms with Crippen molar-refractivity contribution in [2.24, 2.45) is 35.0 Å². The number of aliphatic hydroxyl groups excluding tert-OH is 1. The van der Waals surface area contributed by atoms with Crippen LogP contribution in [-0.2, 0) is 0 Å². The van der Waals surface area contributed by atoms with Crippen LogP contribution in [-0.4, -0.2) is 11.2 Å². The molecule has 1 N–H and O–H groups in total. The van der Waals surface area contributed by atoms with Crippen LogP contribution >= 0.6 is 11.6 Å². The van der Waals surface area contributed by atoms with E-state index >= 15 is 0 Å². The lowest BCUT2D eigenvalue weighted by atomic mass is 9.49. The molecule has 1 nitrogen and oxygen atoms in total. The van der Waals surface area contributed by atoms with Crippen LogP contribution in [0, 0.1) is 35.0 Å². The van der Waals surface area contributed by atoms with E-state index in [9.17, 15) is 5.11 Å². The fraction of sp³-hybridized carbons (Fsp3) is 0.867. The van der Waals surface area contributed by atoms with E-state index in [1.807, 2.05) is 0 Å². The number of fused-ring (bicyclic) bond motifs is 4. The Morgan fingerprint density at radius 3 is 2.71 bits per heavy atom. The van der Waals surface area contributed by atoms with Crippen molar-refractivity contribution in [1.82, 2.24) is 0 Å². The molecule has 0 unspecified atom stereocenters. The van der Waals surface area contributed by atoms with Crippen LogP contribution in [0.25, 0.3) is 0 Å². The van der Waals surface area contributed by atoms with Crippen LogP contribution in [0.5, 0.6) is 0 Å². The Morgan fingerprint density at radius 1 is 1.29 bits per heavy atom. The molecule has 0 aromatic carbocycles. The van der Waals surface area contributed by atoms with Gasteiger partial charge in [-0.25, -0.2) is 0 Å². The molecule has 0 saturated heterocycles. The molecular formula is C15H21ClO. The number of halogens is 1. The third-order valence-corrected chi connectivity index (χ3v) is 6.81. The zero-order valence-electron chi connectivity index (χ0n) is 10.4. The van der Waals surface area contributed by atoms with Crippen molar-refractivity contribution in [3.63, 3.8) is 0 Å². The fourth-order valence-electron chi connectivity index (χ4n) is 5.57. The summed E-state index contributed by atoms with van der Waals surface area (Å²) in [5.74, 6) is 2.77. The molecule has 17 heavy (non-hydrogen) atoms. The predicted octanol–water partition coefficient (Wildman–Crippen LogP) is 3.56. The van der Waals surface area contributed by atoms with Gasteiger partial charge in [0.05, 0.1) is 6.10 Å². The molecule has 0 aliphatic heterocycles. The largest absolute Gasteiger partial charge is 0.393 e. The van der Waals surface area contributed by atoms with Crippen LogP contribution in [0.15, 0.2) is 11.1 Å². The van der Waals surface area contributed by atoms with Gasteiger partial charge in [-0.15, -0.1) is 0 Å². The molecular weight excluding hydrogens is 232 g/mol. The molecule has 4 bridgehead atoms. The summed E-state index contributed by atoms with van der Waals surface area (Å²) in [7, 11) is 0. The molecule has 94 valence electrons. The molecule has 3 saturated carbocycles. The summed E-state index contributed by atoms with van der Waals surface area (Å²) in [6.45, 7) is 2.28. The van der Waals surface area contributed by atoms with E-state index in [2.05, 4.69) is 13.0 Å². The Balaban J connectivity index is 1.86. The van der Waals surface area contributed by atoms with Crippen molar-refractivity contribution in [2.45, 2.75) is 45.1 Å². The molecule has 6 atom stereocenters. The molecule has 1 spiro atoms. The van der Waals surface area contributed by atoms with Crippen molar-refractivity contribution >= 4 is 11.6 Å². The van der Waals surface area contributed by atoms with Gasteiger partial charge < -0.3 is 5.11 Å². The molecule has 0 amide bonds. The van der Waals surface area contributed by atoms with Gasteiger partial charge in [-0.3, -0.25) is 0 Å². The number of aliphatic hydroxyl groups is 1. The van der Waals surface area contributed by atoms with Gasteiger partial charge in [-0.1, -0.05) is 31.0 Å². The Hall–Kier alpha value is -0.0100. The zero-order chi connectivity index (χ0) is 11.8. The van der Waals surface area contributed by atoms with Crippen LogP contribution in [0.4, 0.5) is 0 Å². The summed E-state index contributed by atoms with van der Waals surface area (Å²) >= 11 is 6.46. The van der Waals surface area contributed by atoms with Gasteiger partial charge in [0.15, 0.2) is 0 Å². The van der Waals surface area contributed by atoms with Crippen LogP contribution in [0.2, 0.25) is 0 Å². The summed E-state index contributed by atoms with van der Waals surface area (Å²) in [6, 6.07) is 0. The second-order valence-electron chi connectivity index (χ2n) is 6.87. The second kappa shape index (κ2) is 3.30. The first kappa shape index (κ1) is 10.9. The predicted molar refractivity (Wildman–Crippen MR) is 68.6 cm³/mol. The van der Waals surface area contributed by atoms with Crippen molar-refractivity contribution in [3.05, 3.63) is 11.1 Å². The number of allylic oxidation sites excluding steroid dienone is 2. The molecule has 0 aromatic heterocycles. The lowest BCUT2D eigenvalue weighted by Crippen LogP contribution is -2.55. The van der Waals surface area contributed by atoms with Crippen molar-refractivity contribution in [2.75, 3.05) is 0 Å². The smallest absolute Gasteiger partial charge is 0.0605 e. The topological polar surface area (TPSA) is 20.2 Å². The van der Waals surface area contributed by atoms with Crippen molar-refractivity contribution in [3.8, 4) is 0 Å². The maximum atomic E-state index is 10.6. The average molecular weight is 253 g/mol. The molecule has 4 aliphatic carbocycles. The molecule has 4 aliphatic rings. The Labute approximate surface area is 108 Å². The minimum atomic E-state index is -0.0477. The quantitative estimate of drug-likeness (QED) is 0.699. The van der Waals surface area contributed by atoms with E-state index in [4.69, 9.17) is 11.6 Å². The highest BCUT2D eigenvalue weighted by Gasteiger charge is 2.66. The molecule has 4 rings (SSSR count). The maximum absolute atomic E-state index is 10.6. The van der Waals surface area contributed by atoms with Crippen LogP contribution in [0.3, 0.4) is 0 Å². The highest BCUT2D eigenvalue weighted by molar-refractivity contribution is 6.30. The van der Waals surface area contributed by atoms with Gasteiger partial charge in [0.1, 0.15) is 0 Å². The number of hydrogen-bond donors (Lipinski definition) is 1. The molecule has 0 heterocycles. The Bertz CT molecular complexity index is 384. The minimum Gasteiger partial charge on any atom is -0.393 e. The first-order valence-corrected chi connectivity index (χ1v) is 7.58. The van der Waals surface area contributed by atoms with Crippen LogP contribution in [0.1, 0.15) is 39.0 Å². The monoisotopic (exact) mass is 252 g/mol. The lowest BCUT2D eigenvalue weighted by molar-refractivity contribution is -0.121.